The summed E-state index contributed by atoms with van der Waals surface area (Å²) in [6.45, 7) is 6.20. The lowest BCUT2D eigenvalue weighted by molar-refractivity contribution is -0.308. The number of nitrogens with one attached hydrogen (secondary N) is 1. The molecule has 0 saturated heterocycles. The number of carboxylic acids is 1. The second-order valence-corrected chi connectivity index (χ2v) is 4.93. The highest BCUT2D eigenvalue weighted by Crippen LogP contribution is 2.12. The Morgan fingerprint density at radius 1 is 1.25 bits per heavy atom. The Morgan fingerprint density at radius 2 is 1.85 bits per heavy atom. The van der Waals surface area contributed by atoms with Crippen LogP contribution in [-0.2, 0) is 4.79 Å². The molecule has 0 heterocycles. The van der Waals surface area contributed by atoms with E-state index in [1.165, 1.54) is 0 Å². The fourth-order valence-corrected chi connectivity index (χ4v) is 1.80. The third-order valence-corrected chi connectivity index (χ3v) is 2.72. The van der Waals surface area contributed by atoms with Crippen LogP contribution in [0.15, 0.2) is 24.3 Å². The monoisotopic (exact) mass is 278 g/mol. The zero-order valence-electron chi connectivity index (χ0n) is 12.0. The lowest BCUT2D eigenvalue weighted by atomic mass is 10.0. The molecule has 0 aromatic heterocycles. The largest absolute Gasteiger partial charge is 0.548 e. The number of benzene rings is 1. The summed E-state index contributed by atoms with van der Waals surface area (Å²) in [6.07, 6.45) is 0.338. The quantitative estimate of drug-likeness (QED) is 0.806. The third-order valence-electron chi connectivity index (χ3n) is 2.72. The number of rotatable bonds is 7. The minimum absolute atomic E-state index is 0.151. The van der Waals surface area contributed by atoms with Gasteiger partial charge in [-0.1, -0.05) is 13.8 Å². The maximum Gasteiger partial charge on any atom is 0.251 e. The summed E-state index contributed by atoms with van der Waals surface area (Å²) in [5.74, 6) is -0.873. The van der Waals surface area contributed by atoms with Crippen LogP contribution < -0.4 is 15.2 Å². The Hall–Kier alpha value is -2.04. The fraction of sp³-hybridized carbons (Fsp3) is 0.467. The van der Waals surface area contributed by atoms with E-state index in [4.69, 9.17) is 4.74 Å². The zero-order valence-corrected chi connectivity index (χ0v) is 12.0. The van der Waals surface area contributed by atoms with E-state index in [0.29, 0.717) is 24.3 Å². The summed E-state index contributed by atoms with van der Waals surface area (Å²) >= 11 is 0. The van der Waals surface area contributed by atoms with Crippen molar-refractivity contribution >= 4 is 11.9 Å². The summed E-state index contributed by atoms with van der Waals surface area (Å²) in [6, 6.07) is 5.57. The summed E-state index contributed by atoms with van der Waals surface area (Å²) in [5.41, 5.74) is 0.392. The van der Waals surface area contributed by atoms with Crippen LogP contribution in [0.1, 0.15) is 37.6 Å². The van der Waals surface area contributed by atoms with E-state index in [0.717, 1.165) is 0 Å². The van der Waals surface area contributed by atoms with Gasteiger partial charge in [0.2, 0.25) is 0 Å². The number of aliphatic carboxylic acids is 1. The van der Waals surface area contributed by atoms with Gasteiger partial charge in [-0.2, -0.15) is 0 Å². The van der Waals surface area contributed by atoms with Crippen molar-refractivity contribution in [2.24, 2.45) is 5.92 Å². The van der Waals surface area contributed by atoms with Crippen LogP contribution in [0.25, 0.3) is 0 Å². The molecule has 110 valence electrons. The molecule has 5 nitrogen and oxygen atoms in total. The second kappa shape index (κ2) is 7.53. The smallest absolute Gasteiger partial charge is 0.251 e. The molecular formula is C15H20NO4-. The van der Waals surface area contributed by atoms with Crippen molar-refractivity contribution in [2.75, 3.05) is 6.61 Å². The van der Waals surface area contributed by atoms with Gasteiger partial charge in [-0.3, -0.25) is 4.79 Å². The highest BCUT2D eigenvalue weighted by Gasteiger charge is 2.16. The van der Waals surface area contributed by atoms with Gasteiger partial charge in [-0.15, -0.1) is 0 Å². The van der Waals surface area contributed by atoms with E-state index in [2.05, 4.69) is 5.32 Å². The predicted molar refractivity (Wildman–Crippen MR) is 73.3 cm³/mol. The van der Waals surface area contributed by atoms with Crippen LogP contribution in [0.4, 0.5) is 0 Å². The molecule has 1 aromatic rings. The molecule has 0 aliphatic heterocycles. The topological polar surface area (TPSA) is 78.5 Å². The van der Waals surface area contributed by atoms with Crippen molar-refractivity contribution in [1.29, 1.82) is 0 Å². The lowest BCUT2D eigenvalue weighted by Crippen LogP contribution is -2.48. The first kappa shape index (κ1) is 16.0. The van der Waals surface area contributed by atoms with Gasteiger partial charge in [0.15, 0.2) is 0 Å². The van der Waals surface area contributed by atoms with Crippen molar-refractivity contribution in [2.45, 2.75) is 33.2 Å². The van der Waals surface area contributed by atoms with Crippen LogP contribution in [0.5, 0.6) is 5.75 Å². The Labute approximate surface area is 118 Å². The molecule has 1 aromatic carbocycles. The van der Waals surface area contributed by atoms with Gasteiger partial charge in [0.25, 0.3) is 5.91 Å². The van der Waals surface area contributed by atoms with Crippen LogP contribution in [-0.4, -0.2) is 24.5 Å². The zero-order chi connectivity index (χ0) is 15.1. The average molecular weight is 278 g/mol. The SMILES string of the molecule is CCOc1ccc(C(=O)NC(CC(C)C)C(=O)[O-])cc1. The Morgan fingerprint density at radius 3 is 2.30 bits per heavy atom. The molecule has 1 atom stereocenters. The molecule has 5 heteroatoms. The van der Waals surface area contributed by atoms with Crippen LogP contribution in [0, 0.1) is 5.92 Å². The maximum atomic E-state index is 12.0. The molecule has 1 N–H and O–H groups in total. The molecule has 1 unspecified atom stereocenters. The number of carboxylic acid groups (broad SMARTS) is 1. The molecule has 0 fully saturated rings. The summed E-state index contributed by atoms with van der Waals surface area (Å²) in [4.78, 5) is 23.0. The predicted octanol–water partition coefficient (Wildman–Crippen LogP) is 0.980. The maximum absolute atomic E-state index is 12.0. The number of hydrogen-bond donors (Lipinski definition) is 1. The molecule has 1 amide bonds. The van der Waals surface area contributed by atoms with E-state index in [1.807, 2.05) is 20.8 Å². The first-order valence-corrected chi connectivity index (χ1v) is 6.68. The van der Waals surface area contributed by atoms with Gasteiger partial charge in [0.1, 0.15) is 5.75 Å². The molecular weight excluding hydrogens is 258 g/mol. The molecule has 0 spiro atoms. The van der Waals surface area contributed by atoms with Crippen molar-refractivity contribution in [3.63, 3.8) is 0 Å². The van der Waals surface area contributed by atoms with Crippen LogP contribution in [0.2, 0.25) is 0 Å². The van der Waals surface area contributed by atoms with Crippen molar-refractivity contribution in [3.05, 3.63) is 29.8 Å². The molecule has 0 radical (unpaired) electrons. The number of ether oxygens (including phenoxy) is 1. The normalized spacial score (nSPS) is 12.0. The Balaban J connectivity index is 2.70. The Bertz CT molecular complexity index is 453. The Kier molecular flexibility index (Phi) is 6.03. The van der Waals surface area contributed by atoms with Gasteiger partial charge in [-0.25, -0.2) is 0 Å². The number of hydrogen-bond acceptors (Lipinski definition) is 4. The molecule has 1 rings (SSSR count). The highest BCUT2D eigenvalue weighted by molar-refractivity contribution is 5.96. The number of carbonyl (C=O) groups is 2. The van der Waals surface area contributed by atoms with Gasteiger partial charge in [0.05, 0.1) is 18.6 Å². The van der Waals surface area contributed by atoms with Crippen LogP contribution >= 0.6 is 0 Å². The van der Waals surface area contributed by atoms with E-state index in [-0.39, 0.29) is 5.92 Å². The minimum Gasteiger partial charge on any atom is -0.548 e. The first-order chi connectivity index (χ1) is 9.43. The average Bonchev–Trinajstić information content (AvgIpc) is 2.38. The van der Waals surface area contributed by atoms with Crippen molar-refractivity contribution in [3.8, 4) is 5.75 Å². The third kappa shape index (κ3) is 4.91. The molecule has 20 heavy (non-hydrogen) atoms. The van der Waals surface area contributed by atoms with Gasteiger partial charge in [0, 0.05) is 5.56 Å². The van der Waals surface area contributed by atoms with Gasteiger partial charge in [-0.05, 0) is 43.5 Å². The molecule has 0 aliphatic rings. The first-order valence-electron chi connectivity index (χ1n) is 6.68. The minimum atomic E-state index is -1.27. The fourth-order valence-electron chi connectivity index (χ4n) is 1.80. The molecule has 0 saturated carbocycles. The van der Waals surface area contributed by atoms with Crippen LogP contribution in [0.3, 0.4) is 0 Å². The molecule has 0 bridgehead atoms. The van der Waals surface area contributed by atoms with Gasteiger partial charge < -0.3 is 20.0 Å². The van der Waals surface area contributed by atoms with E-state index in [1.54, 1.807) is 24.3 Å². The van der Waals surface area contributed by atoms with Gasteiger partial charge >= 0.3 is 0 Å². The number of carbonyl (C=O) groups excluding carboxylic acids is 2. The number of amides is 1. The summed E-state index contributed by atoms with van der Waals surface area (Å²) < 4.78 is 5.28. The van der Waals surface area contributed by atoms with E-state index in [9.17, 15) is 14.7 Å². The van der Waals surface area contributed by atoms with Crippen molar-refractivity contribution < 1.29 is 19.4 Å². The summed E-state index contributed by atoms with van der Waals surface area (Å²) in [5, 5.41) is 13.5. The van der Waals surface area contributed by atoms with E-state index >= 15 is 0 Å². The summed E-state index contributed by atoms with van der Waals surface area (Å²) in [7, 11) is 0. The highest BCUT2D eigenvalue weighted by atomic mass is 16.5. The lowest BCUT2D eigenvalue weighted by Gasteiger charge is -2.21. The second-order valence-electron chi connectivity index (χ2n) is 4.93. The van der Waals surface area contributed by atoms with Crippen molar-refractivity contribution in [1.82, 2.24) is 5.32 Å². The molecule has 0 aliphatic carbocycles. The standard InChI is InChI=1S/C15H21NO4/c1-4-20-12-7-5-11(6-8-12)14(17)16-13(15(18)19)9-10(2)3/h5-8,10,13H,4,9H2,1-3H3,(H,16,17)(H,18,19)/p-1. The van der Waals surface area contributed by atoms with E-state index < -0.39 is 17.9 Å².